The van der Waals surface area contributed by atoms with Crippen LogP contribution in [0.3, 0.4) is 0 Å². The zero-order valence-electron chi connectivity index (χ0n) is 9.86. The van der Waals surface area contributed by atoms with Crippen molar-refractivity contribution in [3.8, 4) is 0 Å². The van der Waals surface area contributed by atoms with E-state index >= 15 is 0 Å². The number of ether oxygens (including phenoxy) is 4. The molecule has 0 atom stereocenters. The zero-order chi connectivity index (χ0) is 12.7. The van der Waals surface area contributed by atoms with Crippen LogP contribution in [0.2, 0.25) is 0 Å². The molecule has 0 aromatic rings. The molecule has 1 aliphatic heterocycles. The second-order valence-electron chi connectivity index (χ2n) is 3.16. The first-order valence-corrected chi connectivity index (χ1v) is 4.97. The molecule has 0 amide bonds. The Morgan fingerprint density at radius 3 is 0.875 bits per heavy atom. The van der Waals surface area contributed by atoms with E-state index in [1.54, 1.807) is 0 Å². The summed E-state index contributed by atoms with van der Waals surface area (Å²) in [6.45, 7) is 7.26. The predicted molar refractivity (Wildman–Crippen MR) is 54.6 cm³/mol. The molecule has 0 radical (unpaired) electrons. The van der Waals surface area contributed by atoms with Gasteiger partial charge in [0.2, 0.25) is 0 Å². The molecule has 0 aromatic heterocycles. The first-order valence-electron chi connectivity index (χ1n) is 4.97. The van der Waals surface area contributed by atoms with E-state index in [9.17, 15) is 0 Å². The van der Waals surface area contributed by atoms with Gasteiger partial charge in [0.15, 0.2) is 25.2 Å². The van der Waals surface area contributed by atoms with E-state index in [0.29, 0.717) is 0 Å². The molecule has 0 saturated carbocycles. The highest BCUT2D eigenvalue weighted by molar-refractivity contribution is 6.30. The summed E-state index contributed by atoms with van der Waals surface area (Å²) in [4.78, 5) is 0. The first kappa shape index (κ1) is 15.8. The molecule has 1 heterocycles. The summed E-state index contributed by atoms with van der Waals surface area (Å²) < 4.78 is 21.2. The molecule has 1 aliphatic rings. The summed E-state index contributed by atoms with van der Waals surface area (Å²) in [5.74, 6) is 0. The molecular formula is C8H19BO7. The second kappa shape index (κ2) is 7.96. The maximum atomic E-state index is 7.17. The topological polar surface area (TPSA) is 97.6 Å². The molecule has 0 bridgehead atoms. The second-order valence-corrected chi connectivity index (χ2v) is 3.16. The Morgan fingerprint density at radius 1 is 0.625 bits per heavy atom. The lowest BCUT2D eigenvalue weighted by molar-refractivity contribution is -0.367. The van der Waals surface area contributed by atoms with Crippen molar-refractivity contribution in [2.24, 2.45) is 0 Å². The molecule has 0 aliphatic carbocycles. The van der Waals surface area contributed by atoms with E-state index in [0.717, 1.165) is 0 Å². The molecular weight excluding hydrogens is 219 g/mol. The lowest BCUT2D eigenvalue weighted by Gasteiger charge is -2.30. The number of rotatable bonds is 0. The number of hydrogen-bond acceptors (Lipinski definition) is 7. The highest BCUT2D eigenvalue weighted by atomic mass is 16.9. The van der Waals surface area contributed by atoms with Crippen LogP contribution in [0.25, 0.3) is 0 Å². The van der Waals surface area contributed by atoms with Crippen molar-refractivity contribution in [1.82, 2.24) is 0 Å². The van der Waals surface area contributed by atoms with Gasteiger partial charge in [-0.25, -0.2) is 0 Å². The van der Waals surface area contributed by atoms with Gasteiger partial charge < -0.3 is 34.0 Å². The molecule has 0 aromatic carbocycles. The monoisotopic (exact) mass is 238 g/mol. The normalized spacial score (nSPS) is 35.4. The van der Waals surface area contributed by atoms with Crippen LogP contribution in [-0.4, -0.2) is 47.6 Å². The summed E-state index contributed by atoms with van der Waals surface area (Å²) in [6.07, 6.45) is -1.16. The van der Waals surface area contributed by atoms with Crippen LogP contribution < -0.4 is 0 Å². The summed E-state index contributed by atoms with van der Waals surface area (Å²) >= 11 is 0. The van der Waals surface area contributed by atoms with Crippen LogP contribution in [0.5, 0.6) is 0 Å². The van der Waals surface area contributed by atoms with E-state index in [4.69, 9.17) is 34.0 Å². The fourth-order valence-corrected chi connectivity index (χ4v) is 1.21. The fourth-order valence-electron chi connectivity index (χ4n) is 1.21. The van der Waals surface area contributed by atoms with Crippen molar-refractivity contribution in [2.75, 3.05) is 0 Å². The van der Waals surface area contributed by atoms with E-state index in [1.165, 1.54) is 0 Å². The third kappa shape index (κ3) is 9.04. The largest absolute Gasteiger partial charge is 0.631 e. The standard InChI is InChI=1S/C8H16O4.BH3O3/c1-5-9-6(2)11-8(4)12-7(3)10-5;2-1(3)4/h5-8H,1-4H3;2-4H. The van der Waals surface area contributed by atoms with E-state index in [-0.39, 0.29) is 25.2 Å². The Balaban J connectivity index is 0.000000487. The Morgan fingerprint density at radius 2 is 0.750 bits per heavy atom. The van der Waals surface area contributed by atoms with Crippen molar-refractivity contribution >= 4 is 7.32 Å². The molecule has 96 valence electrons. The minimum atomic E-state index is -2.17. The summed E-state index contributed by atoms with van der Waals surface area (Å²) in [6, 6.07) is 0. The van der Waals surface area contributed by atoms with E-state index in [2.05, 4.69) is 0 Å². The quantitative estimate of drug-likeness (QED) is 0.484. The van der Waals surface area contributed by atoms with Crippen molar-refractivity contribution < 1.29 is 34.0 Å². The highest BCUT2D eigenvalue weighted by Crippen LogP contribution is 2.13. The van der Waals surface area contributed by atoms with Crippen molar-refractivity contribution in [2.45, 2.75) is 52.9 Å². The Bertz CT molecular complexity index is 137. The van der Waals surface area contributed by atoms with Crippen molar-refractivity contribution in [3.05, 3.63) is 0 Å². The van der Waals surface area contributed by atoms with Crippen LogP contribution in [0.15, 0.2) is 0 Å². The summed E-state index contributed by atoms with van der Waals surface area (Å²) in [5.41, 5.74) is 0. The first-order chi connectivity index (χ1) is 7.31. The molecule has 0 spiro atoms. The third-order valence-electron chi connectivity index (χ3n) is 1.53. The van der Waals surface area contributed by atoms with Gasteiger partial charge in [0.05, 0.1) is 0 Å². The van der Waals surface area contributed by atoms with Gasteiger partial charge >= 0.3 is 7.32 Å². The lowest BCUT2D eigenvalue weighted by Crippen LogP contribution is -2.35. The van der Waals surface area contributed by atoms with Crippen LogP contribution in [0.1, 0.15) is 27.7 Å². The molecule has 1 rings (SSSR count). The summed E-state index contributed by atoms with van der Waals surface area (Å²) in [5, 5.41) is 21.5. The van der Waals surface area contributed by atoms with Crippen LogP contribution in [0.4, 0.5) is 0 Å². The average molecular weight is 238 g/mol. The lowest BCUT2D eigenvalue weighted by atomic mass is 10.3. The molecule has 7 nitrogen and oxygen atoms in total. The summed E-state index contributed by atoms with van der Waals surface area (Å²) in [7, 11) is -2.17. The minimum Gasteiger partial charge on any atom is -0.402 e. The molecule has 3 N–H and O–H groups in total. The molecule has 1 saturated heterocycles. The minimum absolute atomic E-state index is 0.289. The maximum Gasteiger partial charge on any atom is 0.631 e. The third-order valence-corrected chi connectivity index (χ3v) is 1.53. The molecule has 1 fully saturated rings. The SMILES string of the molecule is CC1OC(C)OC(C)OC(C)O1.OB(O)O. The molecule has 8 heteroatoms. The smallest absolute Gasteiger partial charge is 0.402 e. The maximum absolute atomic E-state index is 7.17. The van der Waals surface area contributed by atoms with Gasteiger partial charge in [-0.1, -0.05) is 0 Å². The Kier molecular flexibility index (Phi) is 7.85. The van der Waals surface area contributed by atoms with Gasteiger partial charge in [-0.05, 0) is 27.7 Å². The number of hydrogen-bond donors (Lipinski definition) is 3. The van der Waals surface area contributed by atoms with Crippen molar-refractivity contribution in [1.29, 1.82) is 0 Å². The van der Waals surface area contributed by atoms with Crippen LogP contribution >= 0.6 is 0 Å². The molecule has 0 unspecified atom stereocenters. The zero-order valence-corrected chi connectivity index (χ0v) is 9.86. The average Bonchev–Trinajstić information content (AvgIpc) is 1.97. The Hall–Kier alpha value is -0.215. The van der Waals surface area contributed by atoms with E-state index < -0.39 is 7.32 Å². The highest BCUT2D eigenvalue weighted by Gasteiger charge is 2.21. The fraction of sp³-hybridized carbons (Fsp3) is 1.00. The van der Waals surface area contributed by atoms with Gasteiger partial charge in [-0.2, -0.15) is 0 Å². The van der Waals surface area contributed by atoms with Gasteiger partial charge in [0, 0.05) is 0 Å². The van der Waals surface area contributed by atoms with Crippen LogP contribution in [0, 0.1) is 0 Å². The van der Waals surface area contributed by atoms with Gasteiger partial charge in [0.1, 0.15) is 0 Å². The Labute approximate surface area is 95.1 Å². The van der Waals surface area contributed by atoms with Crippen LogP contribution in [-0.2, 0) is 18.9 Å². The van der Waals surface area contributed by atoms with E-state index in [1.807, 2.05) is 27.7 Å². The van der Waals surface area contributed by atoms with Gasteiger partial charge in [0.25, 0.3) is 0 Å². The van der Waals surface area contributed by atoms with Gasteiger partial charge in [-0.15, -0.1) is 0 Å². The predicted octanol–water partition coefficient (Wildman–Crippen LogP) is -0.601. The van der Waals surface area contributed by atoms with Gasteiger partial charge in [-0.3, -0.25) is 0 Å². The van der Waals surface area contributed by atoms with Crippen molar-refractivity contribution in [3.63, 3.8) is 0 Å². The molecule has 16 heavy (non-hydrogen) atoms.